The van der Waals surface area contributed by atoms with Crippen LogP contribution in [-0.2, 0) is 13.2 Å². The molecule has 0 unspecified atom stereocenters. The first-order valence-corrected chi connectivity index (χ1v) is 7.41. The Bertz CT molecular complexity index is 506. The quantitative estimate of drug-likeness (QED) is 0.816. The summed E-state index contributed by atoms with van der Waals surface area (Å²) in [6.07, 6.45) is 0. The molecule has 0 atom stereocenters. The maximum absolute atomic E-state index is 5.87. The Morgan fingerprint density at radius 3 is 2.25 bits per heavy atom. The van der Waals surface area contributed by atoms with Crippen molar-refractivity contribution in [2.24, 2.45) is 0 Å². The second kappa shape index (κ2) is 7.71. The molecule has 1 N–H and O–H groups in total. The van der Waals surface area contributed by atoms with E-state index in [0.29, 0.717) is 6.61 Å². The van der Waals surface area contributed by atoms with E-state index in [1.807, 2.05) is 24.3 Å². The summed E-state index contributed by atoms with van der Waals surface area (Å²) in [5.74, 6) is 0.956. The zero-order chi connectivity index (χ0) is 14.2. The van der Waals surface area contributed by atoms with Gasteiger partial charge in [-0.25, -0.2) is 0 Å². The molecule has 0 aliphatic rings. The fourth-order valence-electron chi connectivity index (χ4n) is 2.27. The predicted octanol–water partition coefficient (Wildman–Crippen LogP) is 2.69. The van der Waals surface area contributed by atoms with Crippen LogP contribution in [0.3, 0.4) is 0 Å². The Kier molecular flexibility index (Phi) is 5.63. The van der Waals surface area contributed by atoms with Crippen molar-refractivity contribution < 1.29 is 9.64 Å². The van der Waals surface area contributed by atoms with Crippen LogP contribution >= 0.6 is 0 Å². The van der Waals surface area contributed by atoms with E-state index in [9.17, 15) is 0 Å². The summed E-state index contributed by atoms with van der Waals surface area (Å²) in [4.78, 5) is 1.59. The molecule has 0 saturated carbocycles. The van der Waals surface area contributed by atoms with Gasteiger partial charge in [-0.15, -0.1) is 0 Å². The first kappa shape index (κ1) is 14.6. The lowest BCUT2D eigenvalue weighted by molar-refractivity contribution is -0.910. The Morgan fingerprint density at radius 2 is 1.55 bits per heavy atom. The number of ether oxygens (including phenoxy) is 1. The van der Waals surface area contributed by atoms with Gasteiger partial charge in [-0.2, -0.15) is 0 Å². The third-order valence-corrected chi connectivity index (χ3v) is 3.60. The molecule has 0 fully saturated rings. The van der Waals surface area contributed by atoms with Crippen molar-refractivity contribution >= 4 is 0 Å². The zero-order valence-electron chi connectivity index (χ0n) is 12.4. The molecular formula is C18H24NO+. The van der Waals surface area contributed by atoms with Gasteiger partial charge in [-0.05, 0) is 31.5 Å². The molecule has 2 aromatic rings. The van der Waals surface area contributed by atoms with E-state index in [1.54, 1.807) is 4.90 Å². The summed E-state index contributed by atoms with van der Waals surface area (Å²) in [5.41, 5.74) is 2.54. The molecule has 0 saturated heterocycles. The molecular weight excluding hydrogens is 246 g/mol. The van der Waals surface area contributed by atoms with Gasteiger partial charge in [0.1, 0.15) is 18.9 Å². The SMILES string of the molecule is CC[NH+](CC)Cc1cccc(OCc2ccccc2)c1. The first-order valence-electron chi connectivity index (χ1n) is 7.41. The van der Waals surface area contributed by atoms with Crippen LogP contribution in [0.2, 0.25) is 0 Å². The van der Waals surface area contributed by atoms with Crippen LogP contribution in [-0.4, -0.2) is 13.1 Å². The van der Waals surface area contributed by atoms with E-state index < -0.39 is 0 Å². The maximum atomic E-state index is 5.87. The van der Waals surface area contributed by atoms with Crippen LogP contribution in [0.5, 0.6) is 5.75 Å². The summed E-state index contributed by atoms with van der Waals surface area (Å²) in [6, 6.07) is 18.7. The molecule has 0 heterocycles. The highest BCUT2D eigenvalue weighted by molar-refractivity contribution is 5.28. The van der Waals surface area contributed by atoms with Crippen molar-refractivity contribution in [2.45, 2.75) is 27.0 Å². The summed E-state index contributed by atoms with van der Waals surface area (Å²) >= 11 is 0. The van der Waals surface area contributed by atoms with Gasteiger partial charge in [-0.1, -0.05) is 42.5 Å². The van der Waals surface area contributed by atoms with Crippen LogP contribution in [0.15, 0.2) is 54.6 Å². The smallest absolute Gasteiger partial charge is 0.120 e. The number of rotatable bonds is 7. The van der Waals surface area contributed by atoms with Crippen molar-refractivity contribution in [3.8, 4) is 5.75 Å². The summed E-state index contributed by atoms with van der Waals surface area (Å²) in [5, 5.41) is 0. The fourth-order valence-corrected chi connectivity index (χ4v) is 2.27. The highest BCUT2D eigenvalue weighted by Gasteiger charge is 2.05. The van der Waals surface area contributed by atoms with Crippen molar-refractivity contribution in [2.75, 3.05) is 13.1 Å². The molecule has 106 valence electrons. The molecule has 2 aromatic carbocycles. The van der Waals surface area contributed by atoms with E-state index in [4.69, 9.17) is 4.74 Å². The van der Waals surface area contributed by atoms with E-state index >= 15 is 0 Å². The number of hydrogen-bond donors (Lipinski definition) is 1. The maximum Gasteiger partial charge on any atom is 0.120 e. The first-order chi connectivity index (χ1) is 9.81. The van der Waals surface area contributed by atoms with Crippen molar-refractivity contribution in [1.29, 1.82) is 0 Å². The van der Waals surface area contributed by atoms with Crippen LogP contribution < -0.4 is 9.64 Å². The molecule has 0 amide bonds. The van der Waals surface area contributed by atoms with E-state index in [2.05, 4.69) is 44.2 Å². The molecule has 0 aromatic heterocycles. The zero-order valence-corrected chi connectivity index (χ0v) is 12.4. The fraction of sp³-hybridized carbons (Fsp3) is 0.333. The lowest BCUT2D eigenvalue weighted by atomic mass is 10.2. The second-order valence-corrected chi connectivity index (χ2v) is 5.06. The third-order valence-electron chi connectivity index (χ3n) is 3.60. The van der Waals surface area contributed by atoms with Crippen molar-refractivity contribution in [3.63, 3.8) is 0 Å². The molecule has 0 radical (unpaired) electrons. The summed E-state index contributed by atoms with van der Waals surface area (Å²) in [6.45, 7) is 8.47. The Labute approximate surface area is 122 Å². The van der Waals surface area contributed by atoms with Gasteiger partial charge in [0, 0.05) is 5.56 Å². The van der Waals surface area contributed by atoms with Gasteiger partial charge in [-0.3, -0.25) is 0 Å². The van der Waals surface area contributed by atoms with Crippen molar-refractivity contribution in [1.82, 2.24) is 0 Å². The number of hydrogen-bond acceptors (Lipinski definition) is 1. The molecule has 0 aliphatic heterocycles. The summed E-state index contributed by atoms with van der Waals surface area (Å²) < 4.78 is 5.87. The Hall–Kier alpha value is -1.80. The number of benzene rings is 2. The molecule has 2 rings (SSSR count). The molecule has 2 heteroatoms. The van der Waals surface area contributed by atoms with E-state index in [-0.39, 0.29) is 0 Å². The monoisotopic (exact) mass is 270 g/mol. The minimum Gasteiger partial charge on any atom is -0.489 e. The lowest BCUT2D eigenvalue weighted by Crippen LogP contribution is -3.10. The van der Waals surface area contributed by atoms with Crippen LogP contribution in [0, 0.1) is 0 Å². The van der Waals surface area contributed by atoms with Crippen molar-refractivity contribution in [3.05, 3.63) is 65.7 Å². The Morgan fingerprint density at radius 1 is 0.850 bits per heavy atom. The molecule has 20 heavy (non-hydrogen) atoms. The van der Waals surface area contributed by atoms with E-state index in [1.165, 1.54) is 11.1 Å². The predicted molar refractivity (Wildman–Crippen MR) is 83.0 cm³/mol. The second-order valence-electron chi connectivity index (χ2n) is 5.06. The molecule has 2 nitrogen and oxygen atoms in total. The van der Waals surface area contributed by atoms with Crippen LogP contribution in [0.25, 0.3) is 0 Å². The minimum absolute atomic E-state index is 0.627. The van der Waals surface area contributed by atoms with Crippen LogP contribution in [0.4, 0.5) is 0 Å². The number of nitrogens with one attached hydrogen (secondary N) is 1. The molecule has 0 spiro atoms. The standard InChI is InChI=1S/C18H23NO/c1-3-19(4-2)14-17-11-8-12-18(13-17)20-15-16-9-6-5-7-10-16/h5-13H,3-4,14-15H2,1-2H3/p+1. The third kappa shape index (κ3) is 4.39. The normalized spacial score (nSPS) is 10.8. The minimum atomic E-state index is 0.627. The lowest BCUT2D eigenvalue weighted by Gasteiger charge is -2.16. The average Bonchev–Trinajstić information content (AvgIpc) is 2.52. The van der Waals surface area contributed by atoms with Gasteiger partial charge in [0.25, 0.3) is 0 Å². The molecule has 0 bridgehead atoms. The highest BCUT2D eigenvalue weighted by Crippen LogP contribution is 2.14. The van der Waals surface area contributed by atoms with Gasteiger partial charge in [0.2, 0.25) is 0 Å². The average molecular weight is 270 g/mol. The highest BCUT2D eigenvalue weighted by atomic mass is 16.5. The molecule has 0 aliphatic carbocycles. The van der Waals surface area contributed by atoms with Gasteiger partial charge in [0.15, 0.2) is 0 Å². The van der Waals surface area contributed by atoms with Crippen LogP contribution in [0.1, 0.15) is 25.0 Å². The van der Waals surface area contributed by atoms with Gasteiger partial charge >= 0.3 is 0 Å². The largest absolute Gasteiger partial charge is 0.489 e. The topological polar surface area (TPSA) is 13.7 Å². The van der Waals surface area contributed by atoms with E-state index in [0.717, 1.165) is 25.4 Å². The number of quaternary nitrogens is 1. The van der Waals surface area contributed by atoms with Gasteiger partial charge < -0.3 is 9.64 Å². The van der Waals surface area contributed by atoms with Gasteiger partial charge in [0.05, 0.1) is 13.1 Å². The Balaban J connectivity index is 1.95. The summed E-state index contributed by atoms with van der Waals surface area (Å²) in [7, 11) is 0.